The first kappa shape index (κ1) is 20.5. The van der Waals surface area contributed by atoms with E-state index in [0.29, 0.717) is 16.9 Å². The normalized spacial score (nSPS) is 14.3. The van der Waals surface area contributed by atoms with Crippen LogP contribution in [0, 0.1) is 0 Å². The number of amides is 3. The third-order valence-corrected chi connectivity index (χ3v) is 4.85. The van der Waals surface area contributed by atoms with E-state index in [-0.39, 0.29) is 24.1 Å². The highest BCUT2D eigenvalue weighted by molar-refractivity contribution is 5.96. The number of likely N-dealkylation sites (N-methyl/N-ethyl adjacent to an activating group) is 1. The van der Waals surface area contributed by atoms with E-state index in [9.17, 15) is 14.4 Å². The fourth-order valence-corrected chi connectivity index (χ4v) is 3.19. The molecule has 152 valence electrons. The van der Waals surface area contributed by atoms with Gasteiger partial charge in [-0.15, -0.1) is 0 Å². The third kappa shape index (κ3) is 5.89. The molecule has 0 spiro atoms. The van der Waals surface area contributed by atoms with Crippen LogP contribution in [0.3, 0.4) is 0 Å². The standard InChI is InChI=1S/C22H26N4O3/c1-16(27)23-19-7-3-17(4-8-19)15-21(28)24-20-9-5-18(6-10-20)22(29)26-13-11-25(2)12-14-26/h3-10H,11-15H2,1-2H3,(H,23,27)(H,24,28). The van der Waals surface area contributed by atoms with E-state index in [1.54, 1.807) is 36.4 Å². The molecule has 0 unspecified atom stereocenters. The number of benzene rings is 2. The molecular weight excluding hydrogens is 368 g/mol. The van der Waals surface area contributed by atoms with Gasteiger partial charge in [0.25, 0.3) is 5.91 Å². The van der Waals surface area contributed by atoms with Crippen LogP contribution in [0.1, 0.15) is 22.8 Å². The lowest BCUT2D eigenvalue weighted by Gasteiger charge is -2.32. The molecule has 2 N–H and O–H groups in total. The Labute approximate surface area is 170 Å². The van der Waals surface area contributed by atoms with Crippen LogP contribution in [0.2, 0.25) is 0 Å². The zero-order valence-electron chi connectivity index (χ0n) is 16.8. The quantitative estimate of drug-likeness (QED) is 0.815. The smallest absolute Gasteiger partial charge is 0.253 e. The average molecular weight is 394 g/mol. The van der Waals surface area contributed by atoms with Gasteiger partial charge in [0.1, 0.15) is 0 Å². The summed E-state index contributed by atoms with van der Waals surface area (Å²) < 4.78 is 0. The second kappa shape index (κ2) is 9.34. The molecule has 1 saturated heterocycles. The van der Waals surface area contributed by atoms with Gasteiger partial charge in [0.15, 0.2) is 0 Å². The van der Waals surface area contributed by atoms with Crippen LogP contribution in [-0.2, 0) is 16.0 Å². The average Bonchev–Trinajstić information content (AvgIpc) is 2.70. The molecule has 2 aromatic rings. The lowest BCUT2D eigenvalue weighted by molar-refractivity contribution is -0.116. The Morgan fingerprint density at radius 3 is 1.97 bits per heavy atom. The highest BCUT2D eigenvalue weighted by Gasteiger charge is 2.20. The van der Waals surface area contributed by atoms with Gasteiger partial charge in [-0.3, -0.25) is 14.4 Å². The van der Waals surface area contributed by atoms with Crippen LogP contribution >= 0.6 is 0 Å². The monoisotopic (exact) mass is 394 g/mol. The van der Waals surface area contributed by atoms with Crippen LogP contribution in [0.25, 0.3) is 0 Å². The van der Waals surface area contributed by atoms with Crippen molar-refractivity contribution in [2.24, 2.45) is 0 Å². The maximum atomic E-state index is 12.6. The summed E-state index contributed by atoms with van der Waals surface area (Å²) in [7, 11) is 2.05. The van der Waals surface area contributed by atoms with Crippen LogP contribution in [-0.4, -0.2) is 60.7 Å². The Bertz CT molecular complexity index is 870. The summed E-state index contributed by atoms with van der Waals surface area (Å²) in [5.74, 6) is -0.254. The molecule has 1 fully saturated rings. The Kier molecular flexibility index (Phi) is 6.61. The number of nitrogens with one attached hydrogen (secondary N) is 2. The van der Waals surface area contributed by atoms with E-state index >= 15 is 0 Å². The van der Waals surface area contributed by atoms with Gasteiger partial charge >= 0.3 is 0 Å². The maximum absolute atomic E-state index is 12.6. The first-order chi connectivity index (χ1) is 13.9. The molecule has 0 atom stereocenters. The Morgan fingerprint density at radius 1 is 0.828 bits per heavy atom. The van der Waals surface area contributed by atoms with Crippen molar-refractivity contribution >= 4 is 29.1 Å². The van der Waals surface area contributed by atoms with Crippen molar-refractivity contribution in [3.05, 3.63) is 59.7 Å². The number of anilines is 2. The predicted octanol–water partition coefficient (Wildman–Crippen LogP) is 2.21. The minimum Gasteiger partial charge on any atom is -0.336 e. The Morgan fingerprint density at radius 2 is 1.38 bits per heavy atom. The van der Waals surface area contributed by atoms with Gasteiger partial charge in [0.2, 0.25) is 11.8 Å². The van der Waals surface area contributed by atoms with Crippen LogP contribution < -0.4 is 10.6 Å². The second-order valence-corrected chi connectivity index (χ2v) is 7.28. The highest BCUT2D eigenvalue weighted by atomic mass is 16.2. The SMILES string of the molecule is CC(=O)Nc1ccc(CC(=O)Nc2ccc(C(=O)N3CCN(C)CC3)cc2)cc1. The van der Waals surface area contributed by atoms with Crippen molar-refractivity contribution in [2.75, 3.05) is 43.9 Å². The van der Waals surface area contributed by atoms with E-state index in [2.05, 4.69) is 22.6 Å². The largest absolute Gasteiger partial charge is 0.336 e. The summed E-state index contributed by atoms with van der Waals surface area (Å²) in [5, 5.41) is 5.54. The zero-order valence-corrected chi connectivity index (χ0v) is 16.8. The van der Waals surface area contributed by atoms with E-state index in [1.807, 2.05) is 17.0 Å². The number of rotatable bonds is 5. The van der Waals surface area contributed by atoms with Gasteiger partial charge in [-0.25, -0.2) is 0 Å². The van der Waals surface area contributed by atoms with Crippen molar-refractivity contribution in [1.29, 1.82) is 0 Å². The van der Waals surface area contributed by atoms with E-state index in [4.69, 9.17) is 0 Å². The van der Waals surface area contributed by atoms with E-state index < -0.39 is 0 Å². The molecule has 0 aromatic heterocycles. The lowest BCUT2D eigenvalue weighted by atomic mass is 10.1. The fourth-order valence-electron chi connectivity index (χ4n) is 3.19. The number of hydrogen-bond acceptors (Lipinski definition) is 4. The number of carbonyl (C=O) groups is 3. The molecule has 3 rings (SSSR count). The first-order valence-corrected chi connectivity index (χ1v) is 9.65. The molecule has 0 aliphatic carbocycles. The molecule has 7 heteroatoms. The van der Waals surface area contributed by atoms with Crippen molar-refractivity contribution in [2.45, 2.75) is 13.3 Å². The van der Waals surface area contributed by atoms with E-state index in [0.717, 1.165) is 31.7 Å². The summed E-state index contributed by atoms with van der Waals surface area (Å²) in [6.07, 6.45) is 0.225. The molecule has 29 heavy (non-hydrogen) atoms. The molecule has 2 aromatic carbocycles. The van der Waals surface area contributed by atoms with Gasteiger partial charge < -0.3 is 20.4 Å². The lowest BCUT2D eigenvalue weighted by Crippen LogP contribution is -2.47. The number of piperazine rings is 1. The molecule has 0 bridgehead atoms. The molecule has 0 radical (unpaired) electrons. The second-order valence-electron chi connectivity index (χ2n) is 7.28. The van der Waals surface area contributed by atoms with Crippen molar-refractivity contribution in [1.82, 2.24) is 9.80 Å². The van der Waals surface area contributed by atoms with E-state index in [1.165, 1.54) is 6.92 Å². The molecule has 0 saturated carbocycles. The van der Waals surface area contributed by atoms with Gasteiger partial charge in [-0.1, -0.05) is 12.1 Å². The third-order valence-electron chi connectivity index (χ3n) is 4.85. The van der Waals surface area contributed by atoms with Gasteiger partial charge in [-0.05, 0) is 49.0 Å². The van der Waals surface area contributed by atoms with Crippen LogP contribution in [0.5, 0.6) is 0 Å². The molecular formula is C22H26N4O3. The molecule has 7 nitrogen and oxygen atoms in total. The minimum atomic E-state index is -0.143. The number of carbonyl (C=O) groups excluding carboxylic acids is 3. The van der Waals surface area contributed by atoms with Gasteiger partial charge in [-0.2, -0.15) is 0 Å². The Balaban J connectivity index is 1.53. The van der Waals surface area contributed by atoms with Crippen molar-refractivity contribution < 1.29 is 14.4 Å². The number of nitrogens with zero attached hydrogens (tertiary/aromatic N) is 2. The van der Waals surface area contributed by atoms with Gasteiger partial charge in [0.05, 0.1) is 6.42 Å². The van der Waals surface area contributed by atoms with Crippen LogP contribution in [0.4, 0.5) is 11.4 Å². The Hall–Kier alpha value is -3.19. The minimum absolute atomic E-state index is 0.0234. The summed E-state index contributed by atoms with van der Waals surface area (Å²) >= 11 is 0. The summed E-state index contributed by atoms with van der Waals surface area (Å²) in [6, 6.07) is 14.1. The molecule has 1 aliphatic rings. The number of hydrogen-bond donors (Lipinski definition) is 2. The fraction of sp³-hybridized carbons (Fsp3) is 0.318. The van der Waals surface area contributed by atoms with Gasteiger partial charge in [0, 0.05) is 50.0 Å². The topological polar surface area (TPSA) is 81.8 Å². The van der Waals surface area contributed by atoms with Crippen LogP contribution in [0.15, 0.2) is 48.5 Å². The first-order valence-electron chi connectivity index (χ1n) is 9.65. The van der Waals surface area contributed by atoms with Crippen molar-refractivity contribution in [3.63, 3.8) is 0 Å². The summed E-state index contributed by atoms with van der Waals surface area (Å²) in [4.78, 5) is 40.0. The zero-order chi connectivity index (χ0) is 20.8. The molecule has 3 amide bonds. The van der Waals surface area contributed by atoms with Crippen molar-refractivity contribution in [3.8, 4) is 0 Å². The molecule has 1 aliphatic heterocycles. The highest BCUT2D eigenvalue weighted by Crippen LogP contribution is 2.14. The molecule has 1 heterocycles. The predicted molar refractivity (Wildman–Crippen MR) is 113 cm³/mol. The maximum Gasteiger partial charge on any atom is 0.253 e. The summed E-state index contributed by atoms with van der Waals surface area (Å²) in [6.45, 7) is 4.67. The summed E-state index contributed by atoms with van der Waals surface area (Å²) in [5.41, 5.74) is 2.82.